The zero-order valence-corrected chi connectivity index (χ0v) is 19.9. The molecule has 2 aromatic carbocycles. The van der Waals surface area contributed by atoms with E-state index in [1.165, 1.54) is 19.2 Å². The Morgan fingerprint density at radius 2 is 1.77 bits per heavy atom. The van der Waals surface area contributed by atoms with Gasteiger partial charge in [-0.25, -0.2) is 9.37 Å². The molecule has 0 radical (unpaired) electrons. The molecule has 31 heavy (non-hydrogen) atoms. The van der Waals surface area contributed by atoms with Crippen LogP contribution in [0.3, 0.4) is 0 Å². The van der Waals surface area contributed by atoms with Gasteiger partial charge in [0.15, 0.2) is 11.6 Å². The zero-order valence-electron chi connectivity index (χ0n) is 17.4. The Hall–Kier alpha value is -2.27. The van der Waals surface area contributed by atoms with Crippen molar-refractivity contribution in [3.05, 3.63) is 64.0 Å². The second-order valence-corrected chi connectivity index (χ2v) is 11.3. The Kier molecular flexibility index (Phi) is 6.85. The summed E-state index contributed by atoms with van der Waals surface area (Å²) in [6.45, 7) is 5.06. The summed E-state index contributed by atoms with van der Waals surface area (Å²) >= 11 is 12.3. The number of ether oxygens (including phenoxy) is 2. The van der Waals surface area contributed by atoms with Gasteiger partial charge in [0.1, 0.15) is 24.8 Å². The molecular weight excluding hydrogens is 461 g/mol. The van der Waals surface area contributed by atoms with Crippen molar-refractivity contribution in [1.29, 1.82) is 0 Å². The summed E-state index contributed by atoms with van der Waals surface area (Å²) in [5.41, 5.74) is 7.81. The van der Waals surface area contributed by atoms with Crippen LogP contribution in [0, 0.1) is 5.82 Å². The van der Waals surface area contributed by atoms with Crippen LogP contribution >= 0.6 is 30.3 Å². The summed E-state index contributed by atoms with van der Waals surface area (Å²) in [7, 11) is -0.978. The standard InChI is InChI=1S/C22H22Cl2FN2O3P/c1-12(20-15(23)6-7-16(25)21(20)24)30-18-10-14(11-27-22(18)26)13-5-8-19(31(3,4)28)17(9-13)29-2/h5-12H,1-4H3,(H2,26,27). The number of nitrogens with two attached hydrogens (primary N) is 1. The van der Waals surface area contributed by atoms with Crippen LogP contribution in [0.4, 0.5) is 10.2 Å². The van der Waals surface area contributed by atoms with Gasteiger partial charge in [-0.2, -0.15) is 0 Å². The second kappa shape index (κ2) is 9.07. The molecule has 164 valence electrons. The fourth-order valence-electron chi connectivity index (χ4n) is 3.17. The lowest BCUT2D eigenvalue weighted by Crippen LogP contribution is -2.09. The van der Waals surface area contributed by atoms with Crippen molar-refractivity contribution in [2.24, 2.45) is 0 Å². The van der Waals surface area contributed by atoms with E-state index in [-0.39, 0.29) is 15.9 Å². The van der Waals surface area contributed by atoms with E-state index < -0.39 is 19.1 Å². The van der Waals surface area contributed by atoms with E-state index in [0.29, 0.717) is 27.9 Å². The van der Waals surface area contributed by atoms with Crippen molar-refractivity contribution in [2.75, 3.05) is 26.2 Å². The third-order valence-corrected chi connectivity index (χ3v) is 7.01. The maximum absolute atomic E-state index is 13.9. The van der Waals surface area contributed by atoms with E-state index in [4.69, 9.17) is 38.4 Å². The van der Waals surface area contributed by atoms with Crippen molar-refractivity contribution in [2.45, 2.75) is 13.0 Å². The summed E-state index contributed by atoms with van der Waals surface area (Å²) in [6, 6.07) is 9.73. The molecule has 0 amide bonds. The van der Waals surface area contributed by atoms with Crippen LogP contribution in [0.2, 0.25) is 10.0 Å². The molecule has 2 N–H and O–H groups in total. The van der Waals surface area contributed by atoms with Gasteiger partial charge in [0, 0.05) is 22.3 Å². The van der Waals surface area contributed by atoms with Gasteiger partial charge in [0.2, 0.25) is 0 Å². The van der Waals surface area contributed by atoms with Crippen LogP contribution in [0.5, 0.6) is 11.5 Å². The molecule has 0 bridgehead atoms. The lowest BCUT2D eigenvalue weighted by atomic mass is 10.1. The normalized spacial score (nSPS) is 12.5. The Balaban J connectivity index is 1.98. The van der Waals surface area contributed by atoms with Gasteiger partial charge in [-0.3, -0.25) is 0 Å². The zero-order chi connectivity index (χ0) is 22.9. The first-order valence-corrected chi connectivity index (χ1v) is 12.7. The van der Waals surface area contributed by atoms with Crippen molar-refractivity contribution in [1.82, 2.24) is 4.98 Å². The molecule has 3 aromatic rings. The number of aromatic nitrogens is 1. The summed E-state index contributed by atoms with van der Waals surface area (Å²) < 4.78 is 37.8. The summed E-state index contributed by atoms with van der Waals surface area (Å²) in [5.74, 6) is 0.389. The van der Waals surface area contributed by atoms with Gasteiger partial charge in [-0.05, 0) is 56.1 Å². The van der Waals surface area contributed by atoms with E-state index in [1.54, 1.807) is 44.6 Å². The maximum Gasteiger partial charge on any atom is 0.166 e. The fraction of sp³-hybridized carbons (Fsp3) is 0.227. The topological polar surface area (TPSA) is 74.4 Å². The van der Waals surface area contributed by atoms with E-state index >= 15 is 0 Å². The van der Waals surface area contributed by atoms with Gasteiger partial charge in [-0.15, -0.1) is 0 Å². The average Bonchev–Trinajstić information content (AvgIpc) is 2.71. The van der Waals surface area contributed by atoms with Crippen molar-refractivity contribution < 1.29 is 18.4 Å². The molecule has 9 heteroatoms. The molecule has 1 unspecified atom stereocenters. The quantitative estimate of drug-likeness (QED) is 0.335. The van der Waals surface area contributed by atoms with Crippen molar-refractivity contribution in [3.63, 3.8) is 0 Å². The first-order chi connectivity index (χ1) is 14.5. The van der Waals surface area contributed by atoms with Gasteiger partial charge in [0.05, 0.1) is 17.4 Å². The minimum absolute atomic E-state index is 0.105. The lowest BCUT2D eigenvalue weighted by molar-refractivity contribution is 0.227. The minimum Gasteiger partial charge on any atom is -0.496 e. The molecule has 0 spiro atoms. The second-order valence-electron chi connectivity index (χ2n) is 7.36. The molecule has 0 fully saturated rings. The van der Waals surface area contributed by atoms with Gasteiger partial charge >= 0.3 is 0 Å². The third kappa shape index (κ3) is 4.98. The average molecular weight is 483 g/mol. The first kappa shape index (κ1) is 23.4. The summed E-state index contributed by atoms with van der Waals surface area (Å²) in [5, 5.41) is 0.833. The molecule has 0 saturated carbocycles. The largest absolute Gasteiger partial charge is 0.496 e. The first-order valence-electron chi connectivity index (χ1n) is 9.32. The number of nitrogens with zero attached hydrogens (tertiary/aromatic N) is 1. The van der Waals surface area contributed by atoms with Crippen molar-refractivity contribution in [3.8, 4) is 22.6 Å². The van der Waals surface area contributed by atoms with Gasteiger partial charge in [-0.1, -0.05) is 29.3 Å². The number of pyridine rings is 1. The van der Waals surface area contributed by atoms with Crippen LogP contribution in [0.1, 0.15) is 18.6 Å². The molecular formula is C22H22Cl2FN2O3P. The smallest absolute Gasteiger partial charge is 0.166 e. The molecule has 1 heterocycles. The maximum atomic E-state index is 13.9. The monoisotopic (exact) mass is 482 g/mol. The predicted octanol–water partition coefficient (Wildman–Crippen LogP) is 6.17. The number of hydrogen-bond acceptors (Lipinski definition) is 5. The van der Waals surface area contributed by atoms with E-state index in [1.807, 2.05) is 6.07 Å². The SMILES string of the molecule is COc1cc(-c2cnc(N)c(OC(C)c3c(Cl)ccc(F)c3Cl)c2)ccc1P(C)(C)=O. The lowest BCUT2D eigenvalue weighted by Gasteiger charge is -2.19. The highest BCUT2D eigenvalue weighted by Crippen LogP contribution is 2.41. The number of rotatable bonds is 6. The fourth-order valence-corrected chi connectivity index (χ4v) is 4.97. The Morgan fingerprint density at radius 3 is 2.42 bits per heavy atom. The van der Waals surface area contributed by atoms with E-state index in [9.17, 15) is 8.96 Å². The van der Waals surface area contributed by atoms with E-state index in [2.05, 4.69) is 4.98 Å². The van der Waals surface area contributed by atoms with Gasteiger partial charge < -0.3 is 19.8 Å². The number of methoxy groups -OCH3 is 1. The molecule has 0 aliphatic heterocycles. The molecule has 3 rings (SSSR count). The molecule has 0 aliphatic carbocycles. The van der Waals surface area contributed by atoms with Crippen LogP contribution in [0.25, 0.3) is 11.1 Å². The Bertz CT molecular complexity index is 1180. The molecule has 1 atom stereocenters. The molecule has 0 aliphatic rings. The highest BCUT2D eigenvalue weighted by Gasteiger charge is 2.21. The van der Waals surface area contributed by atoms with Crippen LogP contribution < -0.4 is 20.5 Å². The number of anilines is 1. The minimum atomic E-state index is -2.51. The van der Waals surface area contributed by atoms with Crippen LogP contribution in [-0.4, -0.2) is 25.4 Å². The number of nitrogen functional groups attached to an aromatic ring is 1. The van der Waals surface area contributed by atoms with Crippen LogP contribution in [-0.2, 0) is 4.57 Å². The van der Waals surface area contributed by atoms with E-state index in [0.717, 1.165) is 5.56 Å². The number of halogens is 3. The summed E-state index contributed by atoms with van der Waals surface area (Å²) in [4.78, 5) is 4.21. The Labute approximate surface area is 190 Å². The van der Waals surface area contributed by atoms with Crippen molar-refractivity contribution >= 4 is 41.5 Å². The number of benzene rings is 2. The third-order valence-electron chi connectivity index (χ3n) is 4.76. The predicted molar refractivity (Wildman–Crippen MR) is 125 cm³/mol. The van der Waals surface area contributed by atoms with Gasteiger partial charge in [0.25, 0.3) is 0 Å². The highest BCUT2D eigenvalue weighted by molar-refractivity contribution is 7.70. The summed E-state index contributed by atoms with van der Waals surface area (Å²) in [6.07, 6.45) is 0.916. The highest BCUT2D eigenvalue weighted by atomic mass is 35.5. The number of hydrogen-bond donors (Lipinski definition) is 1. The van der Waals surface area contributed by atoms with Crippen LogP contribution in [0.15, 0.2) is 42.6 Å². The molecule has 5 nitrogen and oxygen atoms in total. The molecule has 0 saturated heterocycles. The molecule has 1 aromatic heterocycles. The Morgan fingerprint density at radius 1 is 1.10 bits per heavy atom.